The SMILES string of the molecule is O=C(O)C1CCc2nc[nH]c(=O)c21. The second-order valence-electron chi connectivity index (χ2n) is 3.02. The van der Waals surface area contributed by atoms with Gasteiger partial charge in [-0.3, -0.25) is 9.59 Å². The number of aromatic nitrogens is 2. The van der Waals surface area contributed by atoms with Gasteiger partial charge in [-0.05, 0) is 12.8 Å². The number of aromatic amines is 1. The summed E-state index contributed by atoms with van der Waals surface area (Å²) in [4.78, 5) is 28.3. The maximum absolute atomic E-state index is 11.3. The highest BCUT2D eigenvalue weighted by Crippen LogP contribution is 2.28. The predicted octanol–water partition coefficient (Wildman–Crippen LogP) is -0.116. The number of aliphatic carboxylic acids is 1. The van der Waals surface area contributed by atoms with Crippen LogP contribution in [0.25, 0.3) is 0 Å². The molecular formula is C8H8N2O3. The summed E-state index contributed by atoms with van der Waals surface area (Å²) in [6, 6.07) is 0. The van der Waals surface area contributed by atoms with E-state index in [9.17, 15) is 9.59 Å². The number of hydrogen-bond acceptors (Lipinski definition) is 3. The Kier molecular flexibility index (Phi) is 1.65. The maximum atomic E-state index is 11.3. The Bertz CT molecular complexity index is 410. The van der Waals surface area contributed by atoms with E-state index >= 15 is 0 Å². The fourth-order valence-corrected chi connectivity index (χ4v) is 1.68. The highest BCUT2D eigenvalue weighted by molar-refractivity contribution is 5.77. The lowest BCUT2D eigenvalue weighted by Gasteiger charge is -2.02. The van der Waals surface area contributed by atoms with E-state index in [2.05, 4.69) is 9.97 Å². The molecule has 1 aliphatic rings. The molecule has 1 aromatic heterocycles. The van der Waals surface area contributed by atoms with Crippen LogP contribution in [0.3, 0.4) is 0 Å². The third-order valence-corrected chi connectivity index (χ3v) is 2.29. The van der Waals surface area contributed by atoms with Crippen LogP contribution in [0, 0.1) is 0 Å². The number of carboxylic acids is 1. The second-order valence-corrected chi connectivity index (χ2v) is 3.02. The summed E-state index contributed by atoms with van der Waals surface area (Å²) in [6.07, 6.45) is 2.37. The summed E-state index contributed by atoms with van der Waals surface area (Å²) < 4.78 is 0. The molecule has 0 amide bonds. The molecule has 0 spiro atoms. The van der Waals surface area contributed by atoms with Gasteiger partial charge in [0, 0.05) is 0 Å². The van der Waals surface area contributed by atoms with E-state index < -0.39 is 11.9 Å². The van der Waals surface area contributed by atoms with E-state index in [0.29, 0.717) is 24.1 Å². The summed E-state index contributed by atoms with van der Waals surface area (Å²) in [7, 11) is 0. The van der Waals surface area contributed by atoms with Gasteiger partial charge in [0.05, 0.1) is 23.5 Å². The highest BCUT2D eigenvalue weighted by atomic mass is 16.4. The lowest BCUT2D eigenvalue weighted by molar-refractivity contribution is -0.138. The minimum atomic E-state index is -0.947. The van der Waals surface area contributed by atoms with Gasteiger partial charge in [0.2, 0.25) is 0 Å². The molecule has 0 bridgehead atoms. The lowest BCUT2D eigenvalue weighted by Crippen LogP contribution is -2.19. The van der Waals surface area contributed by atoms with E-state index in [4.69, 9.17) is 5.11 Å². The first kappa shape index (κ1) is 7.97. The summed E-state index contributed by atoms with van der Waals surface area (Å²) >= 11 is 0. The van der Waals surface area contributed by atoms with E-state index in [1.165, 1.54) is 6.33 Å². The van der Waals surface area contributed by atoms with Gasteiger partial charge in [0.1, 0.15) is 0 Å². The molecular weight excluding hydrogens is 172 g/mol. The van der Waals surface area contributed by atoms with Gasteiger partial charge in [-0.2, -0.15) is 0 Å². The molecule has 5 nitrogen and oxygen atoms in total. The van der Waals surface area contributed by atoms with Gasteiger partial charge >= 0.3 is 5.97 Å². The van der Waals surface area contributed by atoms with Crippen LogP contribution in [-0.2, 0) is 11.2 Å². The number of carbonyl (C=O) groups is 1. The number of fused-ring (bicyclic) bond motifs is 1. The minimum absolute atomic E-state index is 0.324. The van der Waals surface area contributed by atoms with Crippen LogP contribution in [0.1, 0.15) is 23.6 Å². The lowest BCUT2D eigenvalue weighted by atomic mass is 10.1. The van der Waals surface area contributed by atoms with Crippen molar-refractivity contribution < 1.29 is 9.90 Å². The number of carboxylic acid groups (broad SMARTS) is 1. The number of hydrogen-bond donors (Lipinski definition) is 2. The molecule has 0 saturated carbocycles. The van der Waals surface area contributed by atoms with Crippen molar-refractivity contribution in [1.29, 1.82) is 0 Å². The van der Waals surface area contributed by atoms with Crippen LogP contribution in [0.15, 0.2) is 11.1 Å². The van der Waals surface area contributed by atoms with Crippen molar-refractivity contribution in [3.05, 3.63) is 27.9 Å². The molecule has 0 saturated heterocycles. The summed E-state index contributed by atoms with van der Waals surface area (Å²) in [5, 5.41) is 8.80. The standard InChI is InChI=1S/C8H8N2O3/c11-7-6-4(8(12)13)1-2-5(6)9-3-10-7/h3-4H,1-2H2,(H,12,13)(H,9,10,11). The molecule has 0 fully saturated rings. The third-order valence-electron chi connectivity index (χ3n) is 2.29. The first-order valence-corrected chi connectivity index (χ1v) is 3.99. The van der Waals surface area contributed by atoms with Crippen LogP contribution < -0.4 is 5.56 Å². The summed E-state index contributed by atoms with van der Waals surface area (Å²) in [5.41, 5.74) is 0.626. The fraction of sp³-hybridized carbons (Fsp3) is 0.375. The van der Waals surface area contributed by atoms with E-state index in [-0.39, 0.29) is 5.56 Å². The summed E-state index contributed by atoms with van der Waals surface area (Å²) in [6.45, 7) is 0. The predicted molar refractivity (Wildman–Crippen MR) is 43.6 cm³/mol. The zero-order chi connectivity index (χ0) is 9.42. The molecule has 2 N–H and O–H groups in total. The molecule has 1 aliphatic carbocycles. The van der Waals surface area contributed by atoms with Crippen LogP contribution in [0.4, 0.5) is 0 Å². The number of nitrogens with one attached hydrogen (secondary N) is 1. The number of nitrogens with zero attached hydrogens (tertiary/aromatic N) is 1. The molecule has 13 heavy (non-hydrogen) atoms. The van der Waals surface area contributed by atoms with Crippen molar-refractivity contribution in [1.82, 2.24) is 9.97 Å². The Morgan fingerprint density at radius 1 is 1.69 bits per heavy atom. The molecule has 1 unspecified atom stereocenters. The molecule has 2 rings (SSSR count). The Balaban J connectivity index is 2.58. The second kappa shape index (κ2) is 2.69. The Morgan fingerprint density at radius 2 is 2.46 bits per heavy atom. The van der Waals surface area contributed by atoms with Crippen molar-refractivity contribution in [3.8, 4) is 0 Å². The molecule has 1 heterocycles. The van der Waals surface area contributed by atoms with Crippen LogP contribution in [0.2, 0.25) is 0 Å². The summed E-state index contributed by atoms with van der Waals surface area (Å²) in [5.74, 6) is -1.62. The zero-order valence-electron chi connectivity index (χ0n) is 6.78. The van der Waals surface area contributed by atoms with Crippen molar-refractivity contribution in [3.63, 3.8) is 0 Å². The van der Waals surface area contributed by atoms with Gasteiger partial charge in [-0.15, -0.1) is 0 Å². The molecule has 0 radical (unpaired) electrons. The molecule has 5 heteroatoms. The smallest absolute Gasteiger partial charge is 0.311 e. The van der Waals surface area contributed by atoms with Crippen molar-refractivity contribution >= 4 is 5.97 Å². The normalized spacial score (nSPS) is 19.8. The van der Waals surface area contributed by atoms with Crippen LogP contribution in [-0.4, -0.2) is 21.0 Å². The highest BCUT2D eigenvalue weighted by Gasteiger charge is 2.31. The van der Waals surface area contributed by atoms with Gasteiger partial charge in [0.15, 0.2) is 0 Å². The first-order valence-electron chi connectivity index (χ1n) is 3.99. The van der Waals surface area contributed by atoms with Crippen molar-refractivity contribution in [2.75, 3.05) is 0 Å². The Hall–Kier alpha value is -1.65. The quantitative estimate of drug-likeness (QED) is 0.631. The van der Waals surface area contributed by atoms with E-state index in [1.54, 1.807) is 0 Å². The average Bonchev–Trinajstić information content (AvgIpc) is 2.49. The molecule has 0 aromatic carbocycles. The Morgan fingerprint density at radius 3 is 3.15 bits per heavy atom. The van der Waals surface area contributed by atoms with Crippen molar-refractivity contribution in [2.24, 2.45) is 0 Å². The zero-order valence-corrected chi connectivity index (χ0v) is 6.78. The largest absolute Gasteiger partial charge is 0.481 e. The molecule has 1 atom stereocenters. The van der Waals surface area contributed by atoms with Gasteiger partial charge in [-0.1, -0.05) is 0 Å². The van der Waals surface area contributed by atoms with E-state index in [0.717, 1.165) is 0 Å². The Labute approximate surface area is 73.4 Å². The van der Waals surface area contributed by atoms with Crippen molar-refractivity contribution in [2.45, 2.75) is 18.8 Å². The number of rotatable bonds is 1. The minimum Gasteiger partial charge on any atom is -0.481 e. The van der Waals surface area contributed by atoms with Gasteiger partial charge in [0.25, 0.3) is 5.56 Å². The molecule has 0 aliphatic heterocycles. The van der Waals surface area contributed by atoms with Crippen LogP contribution >= 0.6 is 0 Å². The number of aryl methyl sites for hydroxylation is 1. The number of H-pyrrole nitrogens is 1. The third kappa shape index (κ3) is 1.12. The fourth-order valence-electron chi connectivity index (χ4n) is 1.68. The maximum Gasteiger partial charge on any atom is 0.311 e. The van der Waals surface area contributed by atoms with Gasteiger partial charge in [-0.25, -0.2) is 4.98 Å². The van der Waals surface area contributed by atoms with Crippen LogP contribution in [0.5, 0.6) is 0 Å². The average molecular weight is 180 g/mol. The topological polar surface area (TPSA) is 83.0 Å². The monoisotopic (exact) mass is 180 g/mol. The van der Waals surface area contributed by atoms with Gasteiger partial charge < -0.3 is 10.1 Å². The molecule has 68 valence electrons. The first-order chi connectivity index (χ1) is 6.20. The van der Waals surface area contributed by atoms with E-state index in [1.807, 2.05) is 0 Å². The molecule has 1 aromatic rings.